The van der Waals surface area contributed by atoms with Gasteiger partial charge in [0, 0.05) is 26.2 Å². The van der Waals surface area contributed by atoms with Crippen LogP contribution >= 0.6 is 0 Å². The van der Waals surface area contributed by atoms with Gasteiger partial charge in [-0.1, -0.05) is 6.92 Å². The van der Waals surface area contributed by atoms with E-state index < -0.39 is 54.4 Å². The number of esters is 2. The van der Waals surface area contributed by atoms with Crippen molar-refractivity contribution in [2.24, 2.45) is 11.7 Å². The van der Waals surface area contributed by atoms with E-state index in [2.05, 4.69) is 9.78 Å². The predicted molar refractivity (Wildman–Crippen MR) is 94.5 cm³/mol. The number of ketones is 1. The van der Waals surface area contributed by atoms with Crippen LogP contribution in [0.4, 0.5) is 8.78 Å². The molecule has 0 spiro atoms. The van der Waals surface area contributed by atoms with Gasteiger partial charge in [-0.05, 0) is 20.3 Å². The number of hydrogen-bond acceptors (Lipinski definition) is 9. The molecule has 29 heavy (non-hydrogen) atoms. The Kier molecular flexibility index (Phi) is 9.53. The summed E-state index contributed by atoms with van der Waals surface area (Å²) >= 11 is 0. The highest BCUT2D eigenvalue weighted by molar-refractivity contribution is 5.76. The van der Waals surface area contributed by atoms with Crippen molar-refractivity contribution in [1.82, 2.24) is 0 Å². The van der Waals surface area contributed by atoms with Crippen LogP contribution in [0.15, 0.2) is 0 Å². The highest BCUT2D eigenvalue weighted by atomic mass is 19.2. The molecule has 1 aliphatic heterocycles. The van der Waals surface area contributed by atoms with Crippen molar-refractivity contribution >= 4 is 17.7 Å². The average Bonchev–Trinajstić information content (AvgIpc) is 2.63. The Labute approximate surface area is 168 Å². The molecule has 1 heterocycles. The van der Waals surface area contributed by atoms with Crippen LogP contribution in [0.25, 0.3) is 0 Å². The molecule has 0 aromatic heterocycles. The highest BCUT2D eigenvalue weighted by Gasteiger charge is 2.60. The standard InChI is InChI=1S/C18H29F2NO8/c1-6-13(26-10(4)23)16(27-11(5)24)15-12(8-9(3)22)14(21)17(19)18(20,28-15)29-25-7-2/h12-17H,6-8,21H2,1-5H3/t12-,13-,14+,15?,16-,17?,18-/m1/s1. The third kappa shape index (κ3) is 6.66. The molecule has 11 heteroatoms. The zero-order chi connectivity index (χ0) is 22.4. The van der Waals surface area contributed by atoms with E-state index in [-0.39, 0.29) is 25.2 Å². The first-order valence-electron chi connectivity index (χ1n) is 9.37. The van der Waals surface area contributed by atoms with Crippen LogP contribution in [-0.4, -0.2) is 60.9 Å². The van der Waals surface area contributed by atoms with Crippen LogP contribution in [-0.2, 0) is 38.4 Å². The van der Waals surface area contributed by atoms with Crippen molar-refractivity contribution < 1.29 is 47.2 Å². The number of Topliss-reactive ketones (excluding diaryl/α,β-unsaturated/α-hetero) is 1. The lowest BCUT2D eigenvalue weighted by Gasteiger charge is -2.47. The van der Waals surface area contributed by atoms with E-state index in [4.69, 9.17) is 19.9 Å². The second kappa shape index (κ2) is 10.9. The Morgan fingerprint density at radius 3 is 2.17 bits per heavy atom. The Bertz CT molecular complexity index is 592. The molecule has 0 aromatic carbocycles. The zero-order valence-corrected chi connectivity index (χ0v) is 17.2. The molecule has 1 saturated heterocycles. The summed E-state index contributed by atoms with van der Waals surface area (Å²) in [6, 6.07) is -4.98. The van der Waals surface area contributed by atoms with Crippen molar-refractivity contribution in [3.8, 4) is 0 Å². The van der Waals surface area contributed by atoms with Crippen LogP contribution in [0.5, 0.6) is 0 Å². The molecule has 0 saturated carbocycles. The molecule has 0 bridgehead atoms. The van der Waals surface area contributed by atoms with Crippen LogP contribution in [0, 0.1) is 5.92 Å². The predicted octanol–water partition coefficient (Wildman–Crippen LogP) is 1.51. The van der Waals surface area contributed by atoms with Crippen LogP contribution < -0.4 is 5.73 Å². The summed E-state index contributed by atoms with van der Waals surface area (Å²) < 4.78 is 45.5. The van der Waals surface area contributed by atoms with Gasteiger partial charge in [0.1, 0.15) is 18.0 Å². The minimum atomic E-state index is -3.42. The van der Waals surface area contributed by atoms with E-state index in [0.29, 0.717) is 0 Å². The molecule has 2 unspecified atom stereocenters. The van der Waals surface area contributed by atoms with E-state index in [9.17, 15) is 18.8 Å². The number of hydrogen-bond donors (Lipinski definition) is 1. The number of alkyl halides is 2. The SMILES string of the molecule is CCOO[C@]1(F)OC([C@H](OC(C)=O)[C@@H](CC)OC(C)=O)[C@H](CC(C)=O)[C@H](N)C1F. The fraction of sp³-hybridized carbons (Fsp3) is 0.833. The van der Waals surface area contributed by atoms with Crippen LogP contribution in [0.1, 0.15) is 47.5 Å². The van der Waals surface area contributed by atoms with E-state index in [1.807, 2.05) is 0 Å². The molecule has 1 fully saturated rings. The topological polar surface area (TPSA) is 123 Å². The Hall–Kier alpha value is -1.69. The van der Waals surface area contributed by atoms with E-state index in [1.54, 1.807) is 6.92 Å². The molecular formula is C18H29F2NO8. The highest BCUT2D eigenvalue weighted by Crippen LogP contribution is 2.41. The van der Waals surface area contributed by atoms with Gasteiger partial charge in [0.2, 0.25) is 6.17 Å². The van der Waals surface area contributed by atoms with Crippen LogP contribution in [0.3, 0.4) is 0 Å². The Balaban J connectivity index is 3.39. The van der Waals surface area contributed by atoms with Gasteiger partial charge in [-0.25, -0.2) is 9.28 Å². The van der Waals surface area contributed by atoms with Crippen molar-refractivity contribution in [1.29, 1.82) is 0 Å². The molecule has 1 rings (SSSR count). The summed E-state index contributed by atoms with van der Waals surface area (Å²) in [6.07, 6.45) is -6.52. The third-order valence-corrected chi connectivity index (χ3v) is 4.41. The van der Waals surface area contributed by atoms with Gasteiger partial charge >= 0.3 is 18.0 Å². The molecule has 168 valence electrons. The smallest absolute Gasteiger partial charge is 0.380 e. The number of halogens is 2. The summed E-state index contributed by atoms with van der Waals surface area (Å²) in [5, 5.41) is 0. The molecule has 2 N–H and O–H groups in total. The average molecular weight is 425 g/mol. The number of ether oxygens (including phenoxy) is 3. The first kappa shape index (κ1) is 25.3. The third-order valence-electron chi connectivity index (χ3n) is 4.41. The molecule has 9 nitrogen and oxygen atoms in total. The van der Waals surface area contributed by atoms with Gasteiger partial charge in [-0.2, -0.15) is 9.28 Å². The maximum Gasteiger partial charge on any atom is 0.380 e. The maximum atomic E-state index is 15.1. The van der Waals surface area contributed by atoms with Crippen molar-refractivity contribution in [2.45, 2.75) is 84.0 Å². The van der Waals surface area contributed by atoms with Gasteiger partial charge < -0.3 is 24.7 Å². The summed E-state index contributed by atoms with van der Waals surface area (Å²) in [5.41, 5.74) is 5.89. The Morgan fingerprint density at radius 1 is 1.14 bits per heavy atom. The molecule has 1 aliphatic rings. The van der Waals surface area contributed by atoms with Crippen LogP contribution in [0.2, 0.25) is 0 Å². The fourth-order valence-electron chi connectivity index (χ4n) is 3.25. The lowest BCUT2D eigenvalue weighted by Crippen LogP contribution is -2.66. The molecule has 0 aliphatic carbocycles. The zero-order valence-electron chi connectivity index (χ0n) is 17.2. The van der Waals surface area contributed by atoms with E-state index >= 15 is 4.39 Å². The van der Waals surface area contributed by atoms with Crippen molar-refractivity contribution in [2.75, 3.05) is 6.61 Å². The second-order valence-electron chi connectivity index (χ2n) is 6.83. The summed E-state index contributed by atoms with van der Waals surface area (Å²) in [7, 11) is 0. The van der Waals surface area contributed by atoms with Gasteiger partial charge in [0.15, 0.2) is 6.10 Å². The fourth-order valence-corrected chi connectivity index (χ4v) is 3.25. The number of rotatable bonds is 10. The van der Waals surface area contributed by atoms with Crippen molar-refractivity contribution in [3.63, 3.8) is 0 Å². The molecule has 0 aromatic rings. The van der Waals surface area contributed by atoms with Gasteiger partial charge in [-0.3, -0.25) is 9.59 Å². The molecular weight excluding hydrogens is 396 g/mol. The van der Waals surface area contributed by atoms with E-state index in [1.165, 1.54) is 13.8 Å². The van der Waals surface area contributed by atoms with Gasteiger partial charge in [0.25, 0.3) is 0 Å². The lowest BCUT2D eigenvalue weighted by molar-refractivity contribution is -0.509. The quantitative estimate of drug-likeness (QED) is 0.315. The number of carbonyl (C=O) groups is 3. The maximum absolute atomic E-state index is 15.1. The minimum Gasteiger partial charge on any atom is -0.459 e. The van der Waals surface area contributed by atoms with E-state index in [0.717, 1.165) is 13.8 Å². The second-order valence-corrected chi connectivity index (χ2v) is 6.83. The Morgan fingerprint density at radius 2 is 1.72 bits per heavy atom. The van der Waals surface area contributed by atoms with Crippen molar-refractivity contribution in [3.05, 3.63) is 0 Å². The molecule has 7 atom stereocenters. The minimum absolute atomic E-state index is 0.114. The molecule has 0 radical (unpaired) electrons. The number of carbonyl (C=O) groups excluding carboxylic acids is 3. The monoisotopic (exact) mass is 425 g/mol. The first-order chi connectivity index (χ1) is 13.5. The van der Waals surface area contributed by atoms with Gasteiger partial charge in [-0.15, -0.1) is 0 Å². The number of nitrogens with two attached hydrogens (primary N) is 1. The molecule has 0 amide bonds. The van der Waals surface area contributed by atoms with Gasteiger partial charge in [0.05, 0.1) is 12.6 Å². The normalized spacial score (nSPS) is 31.6. The summed E-state index contributed by atoms with van der Waals surface area (Å²) in [6.45, 7) is 6.47. The lowest BCUT2D eigenvalue weighted by atomic mass is 9.80. The summed E-state index contributed by atoms with van der Waals surface area (Å²) in [5.74, 6) is -2.93. The largest absolute Gasteiger partial charge is 0.459 e. The first-order valence-corrected chi connectivity index (χ1v) is 9.37. The summed E-state index contributed by atoms with van der Waals surface area (Å²) in [4.78, 5) is 43.8.